The molecule has 0 unspecified atom stereocenters. The van der Waals surface area contributed by atoms with Gasteiger partial charge in [-0.05, 0) is 30.7 Å². The van der Waals surface area contributed by atoms with Gasteiger partial charge < -0.3 is 10.4 Å². The Hall–Kier alpha value is -2.89. The second kappa shape index (κ2) is 6.04. The van der Waals surface area contributed by atoms with Gasteiger partial charge in [0, 0.05) is 23.7 Å². The first-order chi connectivity index (χ1) is 9.99. The fourth-order valence-corrected chi connectivity index (χ4v) is 2.01. The van der Waals surface area contributed by atoms with Crippen LogP contribution in [-0.4, -0.2) is 15.9 Å². The Morgan fingerprint density at radius 1 is 1.29 bits per heavy atom. The molecule has 0 radical (unpaired) electrons. The molecule has 108 valence electrons. The summed E-state index contributed by atoms with van der Waals surface area (Å²) in [5, 5.41) is 22.9. The average Bonchev–Trinajstić information content (AvgIpc) is 2.45. The summed E-state index contributed by atoms with van der Waals surface area (Å²) in [5.74, 6) is -0.271. The molecule has 0 bridgehead atoms. The Bertz CT molecular complexity index is 698. The van der Waals surface area contributed by atoms with E-state index in [-0.39, 0.29) is 29.5 Å². The summed E-state index contributed by atoms with van der Waals surface area (Å²) in [6.07, 6.45) is 0. The summed E-state index contributed by atoms with van der Waals surface area (Å²) in [4.78, 5) is 22.4. The van der Waals surface area contributed by atoms with Gasteiger partial charge in [0.2, 0.25) is 0 Å². The monoisotopic (exact) mass is 286 g/mol. The summed E-state index contributed by atoms with van der Waals surface area (Å²) in [5.41, 5.74) is 1.26. The van der Waals surface area contributed by atoms with Crippen molar-refractivity contribution in [1.29, 1.82) is 0 Å². The number of benzene rings is 2. The number of hydrogen-bond donors (Lipinski definition) is 2. The van der Waals surface area contributed by atoms with Crippen molar-refractivity contribution in [3.8, 4) is 5.75 Å². The molecule has 2 rings (SSSR count). The molecule has 6 nitrogen and oxygen atoms in total. The van der Waals surface area contributed by atoms with Crippen LogP contribution in [0.1, 0.15) is 21.5 Å². The third kappa shape index (κ3) is 3.36. The standard InChI is InChI=1S/C15H14N2O4/c1-10-13(6-3-7-14(10)17(20)21)15(19)16-9-11-4-2-5-12(18)8-11/h2-8,18H,9H2,1H3,(H,16,19). The number of rotatable bonds is 4. The number of carbonyl (C=O) groups excluding carboxylic acids is 1. The van der Waals surface area contributed by atoms with Gasteiger partial charge in [-0.25, -0.2) is 0 Å². The maximum absolute atomic E-state index is 12.1. The van der Waals surface area contributed by atoms with Crippen LogP contribution in [0.3, 0.4) is 0 Å². The van der Waals surface area contributed by atoms with Crippen LogP contribution in [0.15, 0.2) is 42.5 Å². The first kappa shape index (κ1) is 14.5. The van der Waals surface area contributed by atoms with E-state index < -0.39 is 4.92 Å². The van der Waals surface area contributed by atoms with Crippen LogP contribution in [0, 0.1) is 17.0 Å². The fourth-order valence-electron chi connectivity index (χ4n) is 2.01. The van der Waals surface area contributed by atoms with Crippen molar-refractivity contribution in [2.24, 2.45) is 0 Å². The summed E-state index contributed by atoms with van der Waals surface area (Å²) in [7, 11) is 0. The lowest BCUT2D eigenvalue weighted by Crippen LogP contribution is -2.23. The molecule has 21 heavy (non-hydrogen) atoms. The van der Waals surface area contributed by atoms with Crippen molar-refractivity contribution in [2.45, 2.75) is 13.5 Å². The molecule has 0 aliphatic carbocycles. The van der Waals surface area contributed by atoms with Crippen LogP contribution in [0.2, 0.25) is 0 Å². The van der Waals surface area contributed by atoms with E-state index in [0.29, 0.717) is 5.56 Å². The summed E-state index contributed by atoms with van der Waals surface area (Å²) >= 11 is 0. The van der Waals surface area contributed by atoms with Crippen molar-refractivity contribution >= 4 is 11.6 Å². The number of nitrogens with zero attached hydrogens (tertiary/aromatic N) is 1. The van der Waals surface area contributed by atoms with E-state index in [4.69, 9.17) is 0 Å². The zero-order valence-electron chi connectivity index (χ0n) is 11.4. The van der Waals surface area contributed by atoms with Crippen LogP contribution in [-0.2, 0) is 6.54 Å². The first-order valence-electron chi connectivity index (χ1n) is 6.29. The number of nitro groups is 1. The van der Waals surface area contributed by atoms with E-state index in [0.717, 1.165) is 5.56 Å². The third-order valence-electron chi connectivity index (χ3n) is 3.11. The summed E-state index contributed by atoms with van der Waals surface area (Å²) in [6, 6.07) is 10.9. The van der Waals surface area contributed by atoms with E-state index in [1.807, 2.05) is 0 Å². The van der Waals surface area contributed by atoms with E-state index in [1.54, 1.807) is 31.2 Å². The lowest BCUT2D eigenvalue weighted by Gasteiger charge is -2.08. The fraction of sp³-hybridized carbons (Fsp3) is 0.133. The van der Waals surface area contributed by atoms with E-state index in [2.05, 4.69) is 5.32 Å². The number of nitrogens with one attached hydrogen (secondary N) is 1. The molecule has 6 heteroatoms. The lowest BCUT2D eigenvalue weighted by atomic mass is 10.1. The third-order valence-corrected chi connectivity index (χ3v) is 3.11. The molecule has 0 saturated carbocycles. The van der Waals surface area contributed by atoms with Gasteiger partial charge in [-0.15, -0.1) is 0 Å². The van der Waals surface area contributed by atoms with E-state index in [9.17, 15) is 20.0 Å². The quantitative estimate of drug-likeness (QED) is 0.667. The number of nitro benzene ring substituents is 1. The van der Waals surface area contributed by atoms with Crippen LogP contribution in [0.4, 0.5) is 5.69 Å². The maximum atomic E-state index is 12.1. The molecule has 0 aliphatic heterocycles. The SMILES string of the molecule is Cc1c(C(=O)NCc2cccc(O)c2)cccc1[N+](=O)[O-]. The van der Waals surface area contributed by atoms with Gasteiger partial charge in [0.05, 0.1) is 4.92 Å². The predicted octanol–water partition coefficient (Wildman–Crippen LogP) is 2.54. The van der Waals surface area contributed by atoms with E-state index >= 15 is 0 Å². The number of hydrogen-bond acceptors (Lipinski definition) is 4. The molecule has 0 fully saturated rings. The Kier molecular flexibility index (Phi) is 4.18. The first-order valence-corrected chi connectivity index (χ1v) is 6.29. The van der Waals surface area contributed by atoms with Crippen LogP contribution in [0.25, 0.3) is 0 Å². The minimum Gasteiger partial charge on any atom is -0.508 e. The highest BCUT2D eigenvalue weighted by atomic mass is 16.6. The molecule has 0 heterocycles. The Labute approximate surface area is 121 Å². The molecular formula is C15H14N2O4. The highest BCUT2D eigenvalue weighted by Gasteiger charge is 2.17. The normalized spacial score (nSPS) is 10.1. The summed E-state index contributed by atoms with van der Waals surface area (Å²) < 4.78 is 0. The molecule has 0 aromatic heterocycles. The van der Waals surface area contributed by atoms with Crippen molar-refractivity contribution < 1.29 is 14.8 Å². The molecule has 0 spiro atoms. The largest absolute Gasteiger partial charge is 0.508 e. The molecule has 0 aliphatic rings. The molecule has 0 atom stereocenters. The molecular weight excluding hydrogens is 272 g/mol. The van der Waals surface area contributed by atoms with Crippen LogP contribution >= 0.6 is 0 Å². The van der Waals surface area contributed by atoms with Gasteiger partial charge in [0.25, 0.3) is 11.6 Å². The lowest BCUT2D eigenvalue weighted by molar-refractivity contribution is -0.385. The average molecular weight is 286 g/mol. The Balaban J connectivity index is 2.14. The van der Waals surface area contributed by atoms with Gasteiger partial charge in [-0.2, -0.15) is 0 Å². The van der Waals surface area contributed by atoms with Gasteiger partial charge in [-0.1, -0.05) is 18.2 Å². The number of aromatic hydroxyl groups is 1. The van der Waals surface area contributed by atoms with Gasteiger partial charge >= 0.3 is 0 Å². The smallest absolute Gasteiger partial charge is 0.273 e. The van der Waals surface area contributed by atoms with Crippen molar-refractivity contribution in [2.75, 3.05) is 0 Å². The van der Waals surface area contributed by atoms with Gasteiger partial charge in [0.1, 0.15) is 5.75 Å². The molecule has 2 aromatic carbocycles. The highest BCUT2D eigenvalue weighted by Crippen LogP contribution is 2.21. The van der Waals surface area contributed by atoms with Crippen molar-refractivity contribution in [3.63, 3.8) is 0 Å². The number of amides is 1. The molecule has 1 amide bonds. The van der Waals surface area contributed by atoms with Crippen molar-refractivity contribution in [3.05, 3.63) is 69.3 Å². The van der Waals surface area contributed by atoms with Gasteiger partial charge in [-0.3, -0.25) is 14.9 Å². The van der Waals surface area contributed by atoms with Crippen LogP contribution in [0.5, 0.6) is 5.75 Å². The maximum Gasteiger partial charge on any atom is 0.273 e. The minimum atomic E-state index is -0.513. The zero-order valence-corrected chi connectivity index (χ0v) is 11.4. The molecule has 0 saturated heterocycles. The highest BCUT2D eigenvalue weighted by molar-refractivity contribution is 5.96. The predicted molar refractivity (Wildman–Crippen MR) is 77.1 cm³/mol. The zero-order chi connectivity index (χ0) is 15.4. The Morgan fingerprint density at radius 3 is 2.67 bits per heavy atom. The number of phenolic OH excluding ortho intramolecular Hbond substituents is 1. The molecule has 2 N–H and O–H groups in total. The number of phenols is 1. The second-order valence-electron chi connectivity index (χ2n) is 4.56. The van der Waals surface area contributed by atoms with Crippen molar-refractivity contribution in [1.82, 2.24) is 5.32 Å². The summed E-state index contributed by atoms with van der Waals surface area (Å²) in [6.45, 7) is 1.77. The van der Waals surface area contributed by atoms with E-state index in [1.165, 1.54) is 18.2 Å². The topological polar surface area (TPSA) is 92.5 Å². The van der Waals surface area contributed by atoms with Crippen LogP contribution < -0.4 is 5.32 Å². The van der Waals surface area contributed by atoms with Gasteiger partial charge in [0.15, 0.2) is 0 Å². The molecule has 2 aromatic rings. The second-order valence-corrected chi connectivity index (χ2v) is 4.56. The number of carbonyl (C=O) groups is 1. The minimum absolute atomic E-state index is 0.0833. The Morgan fingerprint density at radius 2 is 2.00 bits per heavy atom.